The minimum atomic E-state index is -3.38. The largest absolute Gasteiger partial charge is 0.390 e. The zero-order valence-electron chi connectivity index (χ0n) is 12.0. The summed E-state index contributed by atoms with van der Waals surface area (Å²) in [4.78, 5) is 2.46. The maximum atomic E-state index is 11.7. The van der Waals surface area contributed by atoms with Crippen LogP contribution < -0.4 is 9.62 Å². The van der Waals surface area contributed by atoms with Crippen molar-refractivity contribution in [3.05, 3.63) is 24.3 Å². The summed E-state index contributed by atoms with van der Waals surface area (Å²) in [5.41, 5.74) is 0.405. The summed E-state index contributed by atoms with van der Waals surface area (Å²) in [5.74, 6) is 0. The lowest BCUT2D eigenvalue weighted by Crippen LogP contribution is -2.28. The molecule has 1 fully saturated rings. The van der Waals surface area contributed by atoms with Crippen LogP contribution in [-0.4, -0.2) is 39.3 Å². The number of anilines is 1. The van der Waals surface area contributed by atoms with Crippen LogP contribution in [0.2, 0.25) is 0 Å². The van der Waals surface area contributed by atoms with E-state index >= 15 is 0 Å². The van der Waals surface area contributed by atoms with Gasteiger partial charge in [0.15, 0.2) is 0 Å². The predicted octanol–water partition coefficient (Wildman–Crippen LogP) is 1.34. The third-order valence-corrected chi connectivity index (χ3v) is 5.27. The molecule has 1 aliphatic rings. The van der Waals surface area contributed by atoms with E-state index < -0.39 is 15.6 Å². The highest BCUT2D eigenvalue weighted by molar-refractivity contribution is 7.89. The van der Waals surface area contributed by atoms with Gasteiger partial charge in [-0.15, -0.1) is 0 Å². The molecule has 0 radical (unpaired) electrons. The van der Waals surface area contributed by atoms with Crippen molar-refractivity contribution in [2.24, 2.45) is 0 Å². The number of rotatable bonds is 3. The van der Waals surface area contributed by atoms with E-state index in [1.165, 1.54) is 7.05 Å². The minimum Gasteiger partial charge on any atom is -0.390 e. The van der Waals surface area contributed by atoms with Gasteiger partial charge in [-0.2, -0.15) is 0 Å². The van der Waals surface area contributed by atoms with E-state index in [0.29, 0.717) is 0 Å². The number of hydrogen-bond donors (Lipinski definition) is 2. The summed E-state index contributed by atoms with van der Waals surface area (Å²) in [5, 5.41) is 10.1. The highest BCUT2D eigenvalue weighted by Crippen LogP contribution is 2.26. The topological polar surface area (TPSA) is 69.6 Å². The number of nitrogens with zero attached hydrogens (tertiary/aromatic N) is 1. The van der Waals surface area contributed by atoms with E-state index in [1.807, 2.05) is 19.1 Å². The molecule has 112 valence electrons. The smallest absolute Gasteiger partial charge is 0.240 e. The van der Waals surface area contributed by atoms with Gasteiger partial charge in [0.1, 0.15) is 0 Å². The Balaban J connectivity index is 2.14. The third kappa shape index (κ3) is 3.50. The zero-order valence-corrected chi connectivity index (χ0v) is 12.8. The number of hydrogen-bond acceptors (Lipinski definition) is 4. The standard InChI is InChI=1S/C14H22N2O3S/c1-14(17)8-3-10-16(11-9-14)12-4-6-13(7-5-12)20(18,19)15-2/h4-7,15,17H,3,8-11H2,1-2H3. The van der Waals surface area contributed by atoms with Gasteiger partial charge in [0.05, 0.1) is 10.5 Å². The Hall–Kier alpha value is -1.11. The van der Waals surface area contributed by atoms with Crippen molar-refractivity contribution in [1.82, 2.24) is 4.72 Å². The van der Waals surface area contributed by atoms with Crippen molar-refractivity contribution >= 4 is 15.7 Å². The first kappa shape index (κ1) is 15.3. The van der Waals surface area contributed by atoms with Crippen molar-refractivity contribution in [3.8, 4) is 0 Å². The van der Waals surface area contributed by atoms with E-state index in [1.54, 1.807) is 12.1 Å². The lowest BCUT2D eigenvalue weighted by molar-refractivity contribution is 0.0481. The van der Waals surface area contributed by atoms with E-state index in [0.717, 1.165) is 38.0 Å². The predicted molar refractivity (Wildman–Crippen MR) is 79.4 cm³/mol. The van der Waals surface area contributed by atoms with Gasteiger partial charge in [0.2, 0.25) is 10.0 Å². The molecule has 1 saturated heterocycles. The van der Waals surface area contributed by atoms with E-state index in [4.69, 9.17) is 0 Å². The Morgan fingerprint density at radius 2 is 1.85 bits per heavy atom. The molecule has 2 rings (SSSR count). The number of nitrogens with one attached hydrogen (secondary N) is 1. The molecule has 0 bridgehead atoms. The van der Waals surface area contributed by atoms with Gasteiger partial charge in [-0.25, -0.2) is 13.1 Å². The van der Waals surface area contributed by atoms with Crippen LogP contribution in [0.15, 0.2) is 29.2 Å². The number of sulfonamides is 1. The van der Waals surface area contributed by atoms with Gasteiger partial charge in [0.25, 0.3) is 0 Å². The fraction of sp³-hybridized carbons (Fsp3) is 0.571. The Bertz CT molecular complexity index is 552. The van der Waals surface area contributed by atoms with E-state index in [2.05, 4.69) is 9.62 Å². The molecule has 1 unspecified atom stereocenters. The number of benzene rings is 1. The second-order valence-electron chi connectivity index (χ2n) is 5.54. The normalized spacial score (nSPS) is 24.4. The van der Waals surface area contributed by atoms with Crippen molar-refractivity contribution in [2.45, 2.75) is 36.7 Å². The maximum absolute atomic E-state index is 11.7. The van der Waals surface area contributed by atoms with Crippen LogP contribution in [0.3, 0.4) is 0 Å². The Labute approximate surface area is 120 Å². The molecular weight excluding hydrogens is 276 g/mol. The zero-order chi connectivity index (χ0) is 14.8. The average molecular weight is 298 g/mol. The second kappa shape index (κ2) is 5.71. The summed E-state index contributed by atoms with van der Waals surface area (Å²) in [7, 11) is -1.98. The SMILES string of the molecule is CNS(=O)(=O)c1ccc(N2CCCC(C)(O)CC2)cc1. The summed E-state index contributed by atoms with van der Waals surface area (Å²) >= 11 is 0. The van der Waals surface area contributed by atoms with Crippen molar-refractivity contribution in [2.75, 3.05) is 25.0 Å². The molecule has 0 aliphatic carbocycles. The van der Waals surface area contributed by atoms with Crippen LogP contribution >= 0.6 is 0 Å². The minimum absolute atomic E-state index is 0.269. The van der Waals surface area contributed by atoms with E-state index in [-0.39, 0.29) is 4.90 Å². The van der Waals surface area contributed by atoms with Crippen LogP contribution in [-0.2, 0) is 10.0 Å². The fourth-order valence-corrected chi connectivity index (χ4v) is 3.21. The van der Waals surface area contributed by atoms with Gasteiger partial charge in [0, 0.05) is 18.8 Å². The number of aliphatic hydroxyl groups is 1. The molecule has 0 amide bonds. The van der Waals surface area contributed by atoms with Gasteiger partial charge < -0.3 is 10.0 Å². The van der Waals surface area contributed by atoms with Gasteiger partial charge in [-0.05, 0) is 57.5 Å². The van der Waals surface area contributed by atoms with Crippen LogP contribution in [0.1, 0.15) is 26.2 Å². The summed E-state index contributed by atoms with van der Waals surface area (Å²) in [6.07, 6.45) is 2.46. The second-order valence-corrected chi connectivity index (χ2v) is 7.43. The summed E-state index contributed by atoms with van der Waals surface area (Å²) in [6.45, 7) is 3.54. The third-order valence-electron chi connectivity index (χ3n) is 3.84. The Morgan fingerprint density at radius 3 is 2.45 bits per heavy atom. The molecule has 20 heavy (non-hydrogen) atoms. The van der Waals surface area contributed by atoms with Crippen molar-refractivity contribution in [1.29, 1.82) is 0 Å². The molecule has 1 aromatic carbocycles. The van der Waals surface area contributed by atoms with Crippen molar-refractivity contribution < 1.29 is 13.5 Å². The molecule has 2 N–H and O–H groups in total. The van der Waals surface area contributed by atoms with Crippen molar-refractivity contribution in [3.63, 3.8) is 0 Å². The summed E-state index contributed by atoms with van der Waals surface area (Å²) in [6, 6.07) is 6.88. The molecule has 0 spiro atoms. The molecule has 1 heterocycles. The molecule has 6 heteroatoms. The summed E-state index contributed by atoms with van der Waals surface area (Å²) < 4.78 is 25.6. The molecule has 5 nitrogen and oxygen atoms in total. The van der Waals surface area contributed by atoms with Gasteiger partial charge >= 0.3 is 0 Å². The lowest BCUT2D eigenvalue weighted by Gasteiger charge is -2.24. The molecular formula is C14H22N2O3S. The monoisotopic (exact) mass is 298 g/mol. The highest BCUT2D eigenvalue weighted by atomic mass is 32.2. The highest BCUT2D eigenvalue weighted by Gasteiger charge is 2.25. The van der Waals surface area contributed by atoms with Crippen LogP contribution in [0.4, 0.5) is 5.69 Å². The van der Waals surface area contributed by atoms with Crippen LogP contribution in [0.25, 0.3) is 0 Å². The lowest BCUT2D eigenvalue weighted by atomic mass is 9.98. The first-order valence-corrected chi connectivity index (χ1v) is 8.33. The van der Waals surface area contributed by atoms with E-state index in [9.17, 15) is 13.5 Å². The molecule has 0 saturated carbocycles. The Morgan fingerprint density at radius 1 is 1.20 bits per heavy atom. The quantitative estimate of drug-likeness (QED) is 0.883. The van der Waals surface area contributed by atoms with Gasteiger partial charge in [-0.1, -0.05) is 0 Å². The van der Waals surface area contributed by atoms with Crippen LogP contribution in [0, 0.1) is 0 Å². The van der Waals surface area contributed by atoms with Crippen LogP contribution in [0.5, 0.6) is 0 Å². The molecule has 1 aromatic rings. The first-order chi connectivity index (χ1) is 9.34. The first-order valence-electron chi connectivity index (χ1n) is 6.85. The Kier molecular flexibility index (Phi) is 4.36. The maximum Gasteiger partial charge on any atom is 0.240 e. The fourth-order valence-electron chi connectivity index (χ4n) is 2.48. The van der Waals surface area contributed by atoms with Gasteiger partial charge in [-0.3, -0.25) is 0 Å². The molecule has 1 atom stereocenters. The molecule has 1 aliphatic heterocycles. The average Bonchev–Trinajstić information content (AvgIpc) is 2.60. The molecule has 0 aromatic heterocycles.